The Hall–Kier alpha value is -2.69. The number of piperazine rings is 1. The summed E-state index contributed by atoms with van der Waals surface area (Å²) in [6.45, 7) is 10.5. The molecule has 5 heterocycles. The molecule has 0 bridgehead atoms. The van der Waals surface area contributed by atoms with Gasteiger partial charge in [0.05, 0.1) is 16.9 Å². The van der Waals surface area contributed by atoms with Crippen molar-refractivity contribution in [2.75, 3.05) is 24.2 Å². The predicted molar refractivity (Wildman–Crippen MR) is 135 cm³/mol. The number of halogens is 2. The maximum atomic E-state index is 14.8. The number of amidine groups is 1. The lowest BCUT2D eigenvalue weighted by molar-refractivity contribution is -0.130. The second kappa shape index (κ2) is 9.07. The molecule has 3 aliphatic rings. The van der Waals surface area contributed by atoms with E-state index in [-0.39, 0.29) is 29.2 Å². The van der Waals surface area contributed by atoms with Crippen LogP contribution in [0.4, 0.5) is 15.9 Å². The Bertz CT molecular complexity index is 1240. The van der Waals surface area contributed by atoms with E-state index in [1.807, 2.05) is 38.0 Å². The Morgan fingerprint density at radius 1 is 1.31 bits per heavy atom. The Morgan fingerprint density at radius 2 is 2.09 bits per heavy atom. The zero-order valence-corrected chi connectivity index (χ0v) is 21.5. The largest absolute Gasteiger partial charge is 0.350 e. The molecule has 2 aromatic rings. The molecular formula is C24H26ClFN6O2S. The summed E-state index contributed by atoms with van der Waals surface area (Å²) in [5, 5.41) is -0.221. The van der Waals surface area contributed by atoms with Gasteiger partial charge < -0.3 is 14.5 Å². The highest BCUT2D eigenvalue weighted by Crippen LogP contribution is 2.47. The van der Waals surface area contributed by atoms with Crippen molar-refractivity contribution >= 4 is 46.6 Å². The molecule has 2 aromatic heterocycles. The van der Waals surface area contributed by atoms with Crippen LogP contribution in [0.15, 0.2) is 40.9 Å². The average molecular weight is 517 g/mol. The number of ether oxygens (including phenoxy) is 1. The molecule has 4 atom stereocenters. The Labute approximate surface area is 212 Å². The average Bonchev–Trinajstić information content (AvgIpc) is 2.84. The first-order chi connectivity index (χ1) is 16.7. The van der Waals surface area contributed by atoms with Crippen molar-refractivity contribution in [3.63, 3.8) is 0 Å². The van der Waals surface area contributed by atoms with Crippen LogP contribution in [-0.4, -0.2) is 69.3 Å². The Morgan fingerprint density at radius 3 is 2.80 bits per heavy atom. The maximum Gasteiger partial charge on any atom is 0.246 e. The van der Waals surface area contributed by atoms with E-state index in [2.05, 4.69) is 21.4 Å². The fourth-order valence-corrected chi connectivity index (χ4v) is 5.66. The van der Waals surface area contributed by atoms with E-state index in [1.165, 1.54) is 12.1 Å². The number of carbonyl (C=O) groups is 1. The lowest BCUT2D eigenvalue weighted by Crippen LogP contribution is -2.60. The summed E-state index contributed by atoms with van der Waals surface area (Å²) < 4.78 is 21.1. The minimum absolute atomic E-state index is 0.0799. The summed E-state index contributed by atoms with van der Waals surface area (Å²) in [4.78, 5) is 33.0. The monoisotopic (exact) mass is 516 g/mol. The number of hydrogen-bond acceptors (Lipinski definition) is 8. The van der Waals surface area contributed by atoms with Crippen LogP contribution in [0.1, 0.15) is 38.1 Å². The smallest absolute Gasteiger partial charge is 0.246 e. The van der Waals surface area contributed by atoms with Gasteiger partial charge in [0.1, 0.15) is 17.8 Å². The lowest BCUT2D eigenvalue weighted by atomic mass is 10.0. The van der Waals surface area contributed by atoms with Crippen molar-refractivity contribution in [2.45, 2.75) is 50.2 Å². The van der Waals surface area contributed by atoms with E-state index < -0.39 is 12.2 Å². The van der Waals surface area contributed by atoms with Gasteiger partial charge in [0, 0.05) is 36.3 Å². The quantitative estimate of drug-likeness (QED) is 0.333. The van der Waals surface area contributed by atoms with E-state index in [4.69, 9.17) is 21.3 Å². The van der Waals surface area contributed by atoms with Crippen molar-refractivity contribution in [3.8, 4) is 0 Å². The molecule has 0 N–H and O–H groups in total. The van der Waals surface area contributed by atoms with Crippen LogP contribution in [0.3, 0.4) is 0 Å². The van der Waals surface area contributed by atoms with Crippen LogP contribution >= 0.6 is 23.4 Å². The third kappa shape index (κ3) is 3.88. The number of pyridine rings is 2. The molecule has 1 amide bonds. The number of rotatable bonds is 2. The van der Waals surface area contributed by atoms with Crippen LogP contribution in [0.5, 0.6) is 0 Å². The van der Waals surface area contributed by atoms with Gasteiger partial charge in [-0.05, 0) is 45.2 Å². The third-order valence-electron chi connectivity index (χ3n) is 6.64. The maximum absolute atomic E-state index is 14.8. The molecule has 0 spiro atoms. The van der Waals surface area contributed by atoms with Gasteiger partial charge in [-0.3, -0.25) is 14.7 Å². The van der Waals surface area contributed by atoms with Gasteiger partial charge in [-0.15, -0.1) is 11.8 Å². The van der Waals surface area contributed by atoms with Crippen LogP contribution in [0.25, 0.3) is 0 Å². The number of fused-ring (bicyclic) bond motifs is 5. The molecule has 0 aliphatic carbocycles. The molecule has 2 unspecified atom stereocenters. The normalized spacial score (nSPS) is 25.4. The number of thioether (sulfide) groups is 1. The predicted octanol–water partition coefficient (Wildman–Crippen LogP) is 4.37. The summed E-state index contributed by atoms with van der Waals surface area (Å²) in [6, 6.07) is 3.14. The minimum atomic E-state index is -0.723. The zero-order chi connectivity index (χ0) is 25.0. The first-order valence-electron chi connectivity index (χ1n) is 11.4. The van der Waals surface area contributed by atoms with Crippen LogP contribution < -0.4 is 4.90 Å². The second-order valence-electron chi connectivity index (χ2n) is 8.85. The molecule has 0 radical (unpaired) electrons. The highest BCUT2D eigenvalue weighted by atomic mass is 35.5. The van der Waals surface area contributed by atoms with Gasteiger partial charge in [-0.25, -0.2) is 14.4 Å². The molecule has 3 aliphatic heterocycles. The number of amides is 1. The second-order valence-corrected chi connectivity index (χ2v) is 10.1. The number of anilines is 2. The van der Waals surface area contributed by atoms with Gasteiger partial charge in [-0.2, -0.15) is 0 Å². The molecule has 184 valence electrons. The standard InChI is InChI=1S/C24H26ClFN6O2S/c1-6-18(33)30-10-13(3)31(11-12(30)2)22-15-9-16(26)21(25)28-23(15)32-20-17(35-5)7-8-27-19(20)14(4)34-24(32)29-22/h6-9,12-14,24H,1,10-11H2,2-5H3/t12-,13+,14?,24?/m1/s1. The van der Waals surface area contributed by atoms with Crippen molar-refractivity contribution in [1.82, 2.24) is 19.8 Å². The Kier molecular flexibility index (Phi) is 6.23. The molecule has 8 nitrogen and oxygen atoms in total. The van der Waals surface area contributed by atoms with Crippen LogP contribution in [0.2, 0.25) is 5.15 Å². The number of aromatic nitrogens is 2. The Balaban J connectivity index is 1.65. The number of hydrogen-bond donors (Lipinski definition) is 0. The summed E-state index contributed by atoms with van der Waals surface area (Å²) in [5.74, 6) is 0.297. The summed E-state index contributed by atoms with van der Waals surface area (Å²) in [7, 11) is 0. The molecule has 11 heteroatoms. The van der Waals surface area contributed by atoms with Gasteiger partial charge >= 0.3 is 0 Å². The summed E-state index contributed by atoms with van der Waals surface area (Å²) in [6.07, 6.45) is 4.04. The fraction of sp³-hybridized carbons (Fsp3) is 0.417. The SMILES string of the molecule is C=CC(=O)N1C[C@H](C)N(C2=NC3OC(C)c4nccc(SC)c4N3c3nc(Cl)c(F)cc32)C[C@H]1C. The molecule has 0 saturated carbocycles. The lowest BCUT2D eigenvalue weighted by Gasteiger charge is -2.48. The van der Waals surface area contributed by atoms with Crippen LogP contribution in [0, 0.1) is 5.82 Å². The van der Waals surface area contributed by atoms with Gasteiger partial charge in [-0.1, -0.05) is 18.2 Å². The minimum Gasteiger partial charge on any atom is -0.350 e. The van der Waals surface area contributed by atoms with Crippen molar-refractivity contribution < 1.29 is 13.9 Å². The van der Waals surface area contributed by atoms with E-state index in [0.29, 0.717) is 30.3 Å². The van der Waals surface area contributed by atoms with E-state index >= 15 is 0 Å². The van der Waals surface area contributed by atoms with E-state index in [0.717, 1.165) is 16.3 Å². The topological polar surface area (TPSA) is 74.2 Å². The van der Waals surface area contributed by atoms with Crippen molar-refractivity contribution in [3.05, 3.63) is 53.2 Å². The molecule has 35 heavy (non-hydrogen) atoms. The van der Waals surface area contributed by atoms with Crippen LogP contribution in [-0.2, 0) is 9.53 Å². The summed E-state index contributed by atoms with van der Waals surface area (Å²) in [5.41, 5.74) is 2.12. The number of carbonyl (C=O) groups excluding carboxylic acids is 1. The van der Waals surface area contributed by atoms with Gasteiger partial charge in [0.15, 0.2) is 11.0 Å². The van der Waals surface area contributed by atoms with Gasteiger partial charge in [0.25, 0.3) is 0 Å². The van der Waals surface area contributed by atoms with Crippen molar-refractivity contribution in [2.24, 2.45) is 4.99 Å². The highest BCUT2D eigenvalue weighted by Gasteiger charge is 2.43. The first-order valence-corrected chi connectivity index (χ1v) is 13.0. The van der Waals surface area contributed by atoms with E-state index in [1.54, 1.807) is 22.9 Å². The van der Waals surface area contributed by atoms with Crippen molar-refractivity contribution in [1.29, 1.82) is 0 Å². The molecule has 1 saturated heterocycles. The summed E-state index contributed by atoms with van der Waals surface area (Å²) >= 11 is 7.76. The number of nitrogens with zero attached hydrogens (tertiary/aromatic N) is 6. The molecule has 5 rings (SSSR count). The van der Waals surface area contributed by atoms with E-state index in [9.17, 15) is 9.18 Å². The number of aliphatic imine (C=N–C) groups is 1. The first kappa shape index (κ1) is 24.0. The highest BCUT2D eigenvalue weighted by molar-refractivity contribution is 7.98. The molecular weight excluding hydrogens is 491 g/mol. The molecule has 1 fully saturated rings. The van der Waals surface area contributed by atoms with Gasteiger partial charge in [0.2, 0.25) is 12.3 Å². The fourth-order valence-electron chi connectivity index (χ4n) is 4.93. The third-order valence-corrected chi connectivity index (χ3v) is 7.67. The molecule has 0 aromatic carbocycles. The zero-order valence-electron chi connectivity index (χ0n) is 19.9.